The number of hydrogen-bond acceptors (Lipinski definition) is 2. The van der Waals surface area contributed by atoms with E-state index in [0.29, 0.717) is 11.8 Å². The fourth-order valence-electron chi connectivity index (χ4n) is 2.09. The predicted octanol–water partition coefficient (Wildman–Crippen LogP) is 4.38. The van der Waals surface area contributed by atoms with E-state index in [-0.39, 0.29) is 0 Å². The summed E-state index contributed by atoms with van der Waals surface area (Å²) in [5.74, 6) is 0.964. The van der Waals surface area contributed by atoms with Crippen LogP contribution >= 0.6 is 0 Å². The minimum absolute atomic E-state index is 0.477. The molecule has 0 aliphatic carbocycles. The van der Waals surface area contributed by atoms with E-state index in [1.54, 1.807) is 0 Å². The summed E-state index contributed by atoms with van der Waals surface area (Å²) in [7, 11) is 0. The van der Waals surface area contributed by atoms with Crippen molar-refractivity contribution >= 4 is 11.0 Å². The van der Waals surface area contributed by atoms with E-state index in [9.17, 15) is 0 Å². The summed E-state index contributed by atoms with van der Waals surface area (Å²) in [6.45, 7) is 10.8. The number of aromatic nitrogens is 1. The van der Waals surface area contributed by atoms with E-state index in [1.165, 1.54) is 16.5 Å². The Bertz CT molecular complexity index is 509. The highest BCUT2D eigenvalue weighted by molar-refractivity contribution is 5.86. The third-order valence-corrected chi connectivity index (χ3v) is 3.08. The Morgan fingerprint density at radius 1 is 1.06 bits per heavy atom. The second kappa shape index (κ2) is 3.93. The summed E-state index contributed by atoms with van der Waals surface area (Å²) < 4.78 is 5.67. The number of fused-ring (bicyclic) bond motifs is 1. The average molecular weight is 217 g/mol. The van der Waals surface area contributed by atoms with Gasteiger partial charge in [-0.1, -0.05) is 27.7 Å². The summed E-state index contributed by atoms with van der Waals surface area (Å²) in [4.78, 5) is 4.41. The average Bonchev–Trinajstić information content (AvgIpc) is 2.62. The van der Waals surface area contributed by atoms with Crippen molar-refractivity contribution in [1.29, 1.82) is 0 Å². The molecule has 0 unspecified atom stereocenters. The molecule has 86 valence electrons. The van der Waals surface area contributed by atoms with Gasteiger partial charge in [0.15, 0.2) is 5.58 Å². The minimum Gasteiger partial charge on any atom is -0.462 e. The topological polar surface area (TPSA) is 26.0 Å². The molecule has 2 heterocycles. The summed E-state index contributed by atoms with van der Waals surface area (Å²) in [6.07, 6.45) is 3.87. The van der Waals surface area contributed by atoms with Gasteiger partial charge in [0.25, 0.3) is 0 Å². The Labute approximate surface area is 96.7 Å². The molecule has 0 atom stereocenters. The van der Waals surface area contributed by atoms with Crippen molar-refractivity contribution < 1.29 is 4.42 Å². The summed E-state index contributed by atoms with van der Waals surface area (Å²) in [5, 5.41) is 1.28. The van der Waals surface area contributed by atoms with Crippen molar-refractivity contribution in [2.24, 2.45) is 0 Å². The first-order chi connectivity index (χ1) is 7.52. The molecule has 0 aromatic carbocycles. The van der Waals surface area contributed by atoms with Gasteiger partial charge in [0.1, 0.15) is 0 Å². The Morgan fingerprint density at radius 2 is 1.69 bits per heavy atom. The van der Waals surface area contributed by atoms with E-state index in [2.05, 4.69) is 32.7 Å². The molecule has 0 fully saturated rings. The summed E-state index contributed by atoms with van der Waals surface area (Å²) >= 11 is 0. The molecule has 2 rings (SSSR count). The first kappa shape index (κ1) is 11.2. The zero-order valence-corrected chi connectivity index (χ0v) is 10.7. The van der Waals surface area contributed by atoms with E-state index in [1.807, 2.05) is 19.4 Å². The number of pyridine rings is 1. The fourth-order valence-corrected chi connectivity index (χ4v) is 2.09. The van der Waals surface area contributed by atoms with E-state index in [0.717, 1.165) is 11.3 Å². The molecule has 0 saturated carbocycles. The number of aryl methyl sites for hydroxylation is 1. The van der Waals surface area contributed by atoms with Crippen molar-refractivity contribution in [3.8, 4) is 0 Å². The normalized spacial score (nSPS) is 11.9. The van der Waals surface area contributed by atoms with Gasteiger partial charge >= 0.3 is 0 Å². The minimum atomic E-state index is 0.477. The van der Waals surface area contributed by atoms with Crippen LogP contribution in [-0.4, -0.2) is 4.98 Å². The summed E-state index contributed by atoms with van der Waals surface area (Å²) in [6, 6.07) is 0. The molecular weight excluding hydrogens is 198 g/mol. The lowest BCUT2D eigenvalue weighted by molar-refractivity contribution is 0.602. The van der Waals surface area contributed by atoms with Gasteiger partial charge in [0, 0.05) is 17.1 Å². The molecule has 2 nitrogen and oxygen atoms in total. The molecule has 0 radical (unpaired) electrons. The van der Waals surface area contributed by atoms with Crippen LogP contribution in [0.25, 0.3) is 11.0 Å². The number of nitrogens with zero attached hydrogens (tertiary/aromatic N) is 1. The lowest BCUT2D eigenvalue weighted by Crippen LogP contribution is -1.95. The third-order valence-electron chi connectivity index (χ3n) is 3.08. The standard InChI is InChI=1S/C14H19NO/c1-8(2)11-6-15-10(5)14-13(11)12(7-16-14)9(3)4/h6-9H,1-5H3. The van der Waals surface area contributed by atoms with Crippen LogP contribution in [0, 0.1) is 6.92 Å². The van der Waals surface area contributed by atoms with Crippen molar-refractivity contribution in [3.05, 3.63) is 29.3 Å². The molecule has 0 N–H and O–H groups in total. The fraction of sp³-hybridized carbons (Fsp3) is 0.500. The molecule has 0 amide bonds. The van der Waals surface area contributed by atoms with Crippen LogP contribution in [0.5, 0.6) is 0 Å². The van der Waals surface area contributed by atoms with Gasteiger partial charge in [0.2, 0.25) is 0 Å². The van der Waals surface area contributed by atoms with Gasteiger partial charge in [-0.25, -0.2) is 0 Å². The summed E-state index contributed by atoms with van der Waals surface area (Å²) in [5.41, 5.74) is 4.52. The van der Waals surface area contributed by atoms with Gasteiger partial charge < -0.3 is 4.42 Å². The number of furan rings is 1. The first-order valence-corrected chi connectivity index (χ1v) is 5.89. The largest absolute Gasteiger partial charge is 0.462 e. The van der Waals surface area contributed by atoms with Gasteiger partial charge in [0.05, 0.1) is 12.0 Å². The smallest absolute Gasteiger partial charge is 0.155 e. The van der Waals surface area contributed by atoms with Crippen LogP contribution in [0.15, 0.2) is 16.9 Å². The number of hydrogen-bond donors (Lipinski definition) is 0. The van der Waals surface area contributed by atoms with Crippen molar-refractivity contribution in [3.63, 3.8) is 0 Å². The van der Waals surface area contributed by atoms with Crippen LogP contribution < -0.4 is 0 Å². The van der Waals surface area contributed by atoms with E-state index >= 15 is 0 Å². The van der Waals surface area contributed by atoms with Crippen molar-refractivity contribution in [2.45, 2.75) is 46.5 Å². The Morgan fingerprint density at radius 3 is 2.25 bits per heavy atom. The zero-order valence-electron chi connectivity index (χ0n) is 10.7. The molecule has 2 aromatic heterocycles. The molecule has 0 saturated heterocycles. The van der Waals surface area contributed by atoms with E-state index < -0.39 is 0 Å². The quantitative estimate of drug-likeness (QED) is 0.746. The monoisotopic (exact) mass is 217 g/mol. The van der Waals surface area contributed by atoms with Gasteiger partial charge in [-0.15, -0.1) is 0 Å². The third kappa shape index (κ3) is 1.62. The number of rotatable bonds is 2. The highest BCUT2D eigenvalue weighted by Gasteiger charge is 2.17. The predicted molar refractivity (Wildman–Crippen MR) is 66.9 cm³/mol. The van der Waals surface area contributed by atoms with Gasteiger partial charge in [-0.3, -0.25) is 4.98 Å². The first-order valence-electron chi connectivity index (χ1n) is 5.89. The maximum absolute atomic E-state index is 5.67. The van der Waals surface area contributed by atoms with E-state index in [4.69, 9.17) is 4.42 Å². The van der Waals surface area contributed by atoms with Gasteiger partial charge in [-0.2, -0.15) is 0 Å². The molecule has 2 aromatic rings. The Kier molecular flexibility index (Phi) is 2.75. The zero-order chi connectivity index (χ0) is 11.9. The highest BCUT2D eigenvalue weighted by atomic mass is 16.3. The lowest BCUT2D eigenvalue weighted by atomic mass is 9.94. The van der Waals surface area contributed by atoms with Gasteiger partial charge in [-0.05, 0) is 24.3 Å². The Hall–Kier alpha value is -1.31. The highest BCUT2D eigenvalue weighted by Crippen LogP contribution is 2.34. The van der Waals surface area contributed by atoms with Crippen LogP contribution in [-0.2, 0) is 0 Å². The SMILES string of the molecule is Cc1ncc(C(C)C)c2c(C(C)C)coc12. The maximum atomic E-state index is 5.67. The molecule has 0 bridgehead atoms. The van der Waals surface area contributed by atoms with Crippen LogP contribution in [0.4, 0.5) is 0 Å². The van der Waals surface area contributed by atoms with Crippen LogP contribution in [0.2, 0.25) is 0 Å². The van der Waals surface area contributed by atoms with Crippen molar-refractivity contribution in [1.82, 2.24) is 4.98 Å². The Balaban J connectivity index is 2.81. The van der Waals surface area contributed by atoms with Crippen LogP contribution in [0.3, 0.4) is 0 Å². The lowest BCUT2D eigenvalue weighted by Gasteiger charge is -2.10. The second-order valence-corrected chi connectivity index (χ2v) is 5.00. The molecule has 0 spiro atoms. The molecule has 2 heteroatoms. The van der Waals surface area contributed by atoms with Crippen molar-refractivity contribution in [2.75, 3.05) is 0 Å². The molecule has 0 aliphatic heterocycles. The second-order valence-electron chi connectivity index (χ2n) is 5.00. The molecular formula is C14H19NO. The molecule has 0 aliphatic rings. The maximum Gasteiger partial charge on any atom is 0.155 e. The molecule has 16 heavy (non-hydrogen) atoms. The van der Waals surface area contributed by atoms with Crippen LogP contribution in [0.1, 0.15) is 56.4 Å².